The second-order valence-corrected chi connectivity index (χ2v) is 3.61. The van der Waals surface area contributed by atoms with E-state index < -0.39 is 12.8 Å². The normalized spacial score (nSPS) is 11.8. The van der Waals surface area contributed by atoms with Crippen LogP contribution in [0.1, 0.15) is 0 Å². The van der Waals surface area contributed by atoms with Crippen LogP contribution in [0, 0.1) is 0 Å². The van der Waals surface area contributed by atoms with Gasteiger partial charge in [0.1, 0.15) is 17.2 Å². The molecule has 0 N–H and O–H groups in total. The lowest BCUT2D eigenvalue weighted by molar-refractivity contribution is -0.153. The molecule has 0 fully saturated rings. The van der Waals surface area contributed by atoms with Gasteiger partial charge in [0.05, 0.1) is 5.52 Å². The number of aromatic nitrogens is 2. The largest absolute Gasteiger partial charge is 0.484 e. The van der Waals surface area contributed by atoms with E-state index >= 15 is 0 Å². The zero-order valence-electron chi connectivity index (χ0n) is 8.33. The van der Waals surface area contributed by atoms with E-state index in [4.69, 9.17) is 11.6 Å². The summed E-state index contributed by atoms with van der Waals surface area (Å²) in [7, 11) is 0. The van der Waals surface area contributed by atoms with E-state index in [0.717, 1.165) is 0 Å². The van der Waals surface area contributed by atoms with Crippen molar-refractivity contribution in [2.45, 2.75) is 6.18 Å². The Labute approximate surface area is 99.2 Å². The van der Waals surface area contributed by atoms with Crippen LogP contribution in [-0.4, -0.2) is 22.8 Å². The Kier molecular flexibility index (Phi) is 3.06. The molecule has 17 heavy (non-hydrogen) atoms. The summed E-state index contributed by atoms with van der Waals surface area (Å²) in [5, 5.41) is 0.626. The quantitative estimate of drug-likeness (QED) is 0.780. The average Bonchev–Trinajstić information content (AvgIpc) is 2.26. The predicted molar refractivity (Wildman–Crippen MR) is 56.1 cm³/mol. The van der Waals surface area contributed by atoms with Crippen molar-refractivity contribution in [2.75, 3.05) is 6.61 Å². The molecule has 0 aliphatic rings. The number of hydrogen-bond acceptors (Lipinski definition) is 3. The Balaban J connectivity index is 2.28. The number of ether oxygens (including phenoxy) is 1. The summed E-state index contributed by atoms with van der Waals surface area (Å²) in [6.07, 6.45) is -3.09. The van der Waals surface area contributed by atoms with Gasteiger partial charge in [-0.2, -0.15) is 13.2 Å². The van der Waals surface area contributed by atoms with Crippen molar-refractivity contribution in [2.24, 2.45) is 0 Å². The maximum atomic E-state index is 12.0. The van der Waals surface area contributed by atoms with E-state index in [0.29, 0.717) is 10.9 Å². The van der Waals surface area contributed by atoms with Gasteiger partial charge in [0.2, 0.25) is 0 Å². The van der Waals surface area contributed by atoms with Crippen LogP contribution in [0.4, 0.5) is 13.2 Å². The second kappa shape index (κ2) is 4.37. The van der Waals surface area contributed by atoms with Crippen molar-refractivity contribution in [1.82, 2.24) is 9.97 Å². The van der Waals surface area contributed by atoms with Crippen molar-refractivity contribution < 1.29 is 17.9 Å². The van der Waals surface area contributed by atoms with Gasteiger partial charge >= 0.3 is 6.18 Å². The van der Waals surface area contributed by atoms with Crippen molar-refractivity contribution in [3.63, 3.8) is 0 Å². The molecule has 2 rings (SSSR count). The third-order valence-corrected chi connectivity index (χ3v) is 2.26. The molecule has 7 heteroatoms. The first-order chi connectivity index (χ1) is 7.96. The van der Waals surface area contributed by atoms with E-state index in [9.17, 15) is 13.2 Å². The van der Waals surface area contributed by atoms with Gasteiger partial charge in [-0.05, 0) is 18.2 Å². The first-order valence-electron chi connectivity index (χ1n) is 4.55. The number of alkyl halides is 3. The van der Waals surface area contributed by atoms with Crippen molar-refractivity contribution >= 4 is 22.5 Å². The summed E-state index contributed by atoms with van der Waals surface area (Å²) in [4.78, 5) is 7.65. The predicted octanol–water partition coefficient (Wildman–Crippen LogP) is 3.22. The number of hydrogen-bond donors (Lipinski definition) is 0. The third-order valence-electron chi connectivity index (χ3n) is 1.96. The van der Waals surface area contributed by atoms with Crippen LogP contribution in [0.2, 0.25) is 5.15 Å². The standard InChI is InChI=1S/C10H6ClF3N2O/c11-9-7-3-6(17-4-10(12,13)14)1-2-8(7)15-5-16-9/h1-3,5H,4H2. The monoisotopic (exact) mass is 262 g/mol. The second-order valence-electron chi connectivity index (χ2n) is 3.25. The lowest BCUT2D eigenvalue weighted by Crippen LogP contribution is -2.19. The number of rotatable bonds is 2. The molecule has 3 nitrogen and oxygen atoms in total. The van der Waals surface area contributed by atoms with Crippen molar-refractivity contribution in [3.8, 4) is 5.75 Å². The first-order valence-corrected chi connectivity index (χ1v) is 4.93. The molecule has 0 atom stereocenters. The fourth-order valence-electron chi connectivity index (χ4n) is 1.26. The highest BCUT2D eigenvalue weighted by atomic mass is 35.5. The van der Waals surface area contributed by atoms with Gasteiger partial charge in [-0.3, -0.25) is 0 Å². The zero-order chi connectivity index (χ0) is 12.5. The highest BCUT2D eigenvalue weighted by molar-refractivity contribution is 6.34. The molecule has 2 aromatic rings. The van der Waals surface area contributed by atoms with Crippen LogP contribution in [0.3, 0.4) is 0 Å². The molecule has 0 radical (unpaired) electrons. The van der Waals surface area contributed by atoms with E-state index in [1.165, 1.54) is 24.5 Å². The van der Waals surface area contributed by atoms with Crippen molar-refractivity contribution in [3.05, 3.63) is 29.7 Å². The highest BCUT2D eigenvalue weighted by Gasteiger charge is 2.28. The van der Waals surface area contributed by atoms with E-state index in [1.54, 1.807) is 0 Å². The molecule has 0 spiro atoms. The molecule has 1 aromatic carbocycles. The Bertz CT molecular complexity index is 545. The van der Waals surface area contributed by atoms with Crippen LogP contribution < -0.4 is 4.74 Å². The van der Waals surface area contributed by atoms with E-state index in [2.05, 4.69) is 14.7 Å². The van der Waals surface area contributed by atoms with Crippen LogP contribution in [0.25, 0.3) is 10.9 Å². The minimum atomic E-state index is -4.37. The van der Waals surface area contributed by atoms with E-state index in [-0.39, 0.29) is 10.9 Å². The summed E-state index contributed by atoms with van der Waals surface area (Å²) < 4.78 is 40.5. The Morgan fingerprint density at radius 2 is 2.00 bits per heavy atom. The summed E-state index contributed by atoms with van der Waals surface area (Å²) in [6.45, 7) is -1.34. The van der Waals surface area contributed by atoms with Gasteiger partial charge in [0.25, 0.3) is 0 Å². The van der Waals surface area contributed by atoms with E-state index in [1.807, 2.05) is 0 Å². The number of nitrogens with zero attached hydrogens (tertiary/aromatic N) is 2. The van der Waals surface area contributed by atoms with Crippen LogP contribution in [-0.2, 0) is 0 Å². The van der Waals surface area contributed by atoms with Gasteiger partial charge in [0, 0.05) is 5.39 Å². The van der Waals surface area contributed by atoms with Gasteiger partial charge in [-0.1, -0.05) is 11.6 Å². The minimum absolute atomic E-state index is 0.0755. The fraction of sp³-hybridized carbons (Fsp3) is 0.200. The van der Waals surface area contributed by atoms with Gasteiger partial charge in [-0.15, -0.1) is 0 Å². The van der Waals surface area contributed by atoms with Gasteiger partial charge in [0.15, 0.2) is 6.61 Å². The summed E-state index contributed by atoms with van der Waals surface area (Å²) in [6, 6.07) is 4.30. The Morgan fingerprint density at radius 3 is 2.71 bits per heavy atom. The first kappa shape index (κ1) is 11.9. The van der Waals surface area contributed by atoms with Gasteiger partial charge < -0.3 is 4.74 Å². The minimum Gasteiger partial charge on any atom is -0.484 e. The molecule has 1 aromatic heterocycles. The molecular formula is C10H6ClF3N2O. The molecule has 0 amide bonds. The molecule has 1 heterocycles. The van der Waals surface area contributed by atoms with Crippen LogP contribution in [0.15, 0.2) is 24.5 Å². The molecule has 0 unspecified atom stereocenters. The molecular weight excluding hydrogens is 257 g/mol. The molecule has 0 aliphatic carbocycles. The SMILES string of the molecule is FC(F)(F)COc1ccc2ncnc(Cl)c2c1. The lowest BCUT2D eigenvalue weighted by atomic mass is 10.2. The number of fused-ring (bicyclic) bond motifs is 1. The Morgan fingerprint density at radius 1 is 1.24 bits per heavy atom. The van der Waals surface area contributed by atoms with Crippen LogP contribution >= 0.6 is 11.6 Å². The van der Waals surface area contributed by atoms with Crippen molar-refractivity contribution in [1.29, 1.82) is 0 Å². The summed E-state index contributed by atoms with van der Waals surface area (Å²) >= 11 is 5.79. The molecule has 0 saturated carbocycles. The molecule has 0 aliphatic heterocycles. The maximum Gasteiger partial charge on any atom is 0.422 e. The lowest BCUT2D eigenvalue weighted by Gasteiger charge is -2.09. The molecule has 90 valence electrons. The number of halogens is 4. The topological polar surface area (TPSA) is 35.0 Å². The molecule has 0 saturated heterocycles. The maximum absolute atomic E-state index is 12.0. The smallest absolute Gasteiger partial charge is 0.422 e. The summed E-state index contributed by atoms with van der Waals surface area (Å²) in [5.74, 6) is 0.0755. The Hall–Kier alpha value is -1.56. The van der Waals surface area contributed by atoms with Crippen LogP contribution in [0.5, 0.6) is 5.75 Å². The fourth-order valence-corrected chi connectivity index (χ4v) is 1.45. The summed E-state index contributed by atoms with van der Waals surface area (Å²) in [5.41, 5.74) is 0.546. The third kappa shape index (κ3) is 2.97. The molecule has 0 bridgehead atoms. The highest BCUT2D eigenvalue weighted by Crippen LogP contribution is 2.25. The zero-order valence-corrected chi connectivity index (χ0v) is 9.09. The average molecular weight is 263 g/mol. The number of benzene rings is 1. The van der Waals surface area contributed by atoms with Gasteiger partial charge in [-0.25, -0.2) is 9.97 Å².